The standard InChI is InChI=1S/C10H18N2O2/c13-10(9-4-3-7-14-8-9)12-6-2-1-5-11-12/h9,11H,1-8H2. The molecule has 2 aliphatic rings. The van der Waals surface area contributed by atoms with Crippen molar-refractivity contribution in [1.82, 2.24) is 10.4 Å². The fourth-order valence-electron chi connectivity index (χ4n) is 2.03. The number of amides is 1. The maximum absolute atomic E-state index is 11.9. The van der Waals surface area contributed by atoms with Crippen molar-refractivity contribution in [3.8, 4) is 0 Å². The molecule has 4 nitrogen and oxygen atoms in total. The Bertz CT molecular complexity index is 176. The van der Waals surface area contributed by atoms with E-state index in [2.05, 4.69) is 5.43 Å². The van der Waals surface area contributed by atoms with Crippen LogP contribution in [-0.2, 0) is 9.53 Å². The molecule has 2 aliphatic heterocycles. The number of ether oxygens (including phenoxy) is 1. The van der Waals surface area contributed by atoms with E-state index in [-0.39, 0.29) is 11.8 Å². The zero-order valence-corrected chi connectivity index (χ0v) is 8.50. The molecule has 14 heavy (non-hydrogen) atoms. The smallest absolute Gasteiger partial charge is 0.242 e. The van der Waals surface area contributed by atoms with Crippen LogP contribution in [0.2, 0.25) is 0 Å². The highest BCUT2D eigenvalue weighted by Crippen LogP contribution is 2.16. The number of hydrogen-bond acceptors (Lipinski definition) is 3. The lowest BCUT2D eigenvalue weighted by Gasteiger charge is -2.32. The van der Waals surface area contributed by atoms with Crippen molar-refractivity contribution in [2.24, 2.45) is 5.92 Å². The van der Waals surface area contributed by atoms with E-state index in [1.807, 2.05) is 0 Å². The Hall–Kier alpha value is -0.610. The van der Waals surface area contributed by atoms with Crippen LogP contribution < -0.4 is 5.43 Å². The lowest BCUT2D eigenvalue weighted by molar-refractivity contribution is -0.144. The van der Waals surface area contributed by atoms with Gasteiger partial charge in [-0.3, -0.25) is 9.80 Å². The van der Waals surface area contributed by atoms with Crippen molar-refractivity contribution >= 4 is 5.91 Å². The number of carbonyl (C=O) groups excluding carboxylic acids is 1. The van der Waals surface area contributed by atoms with Crippen LogP contribution >= 0.6 is 0 Å². The molecule has 0 radical (unpaired) electrons. The Labute approximate surface area is 84.6 Å². The largest absolute Gasteiger partial charge is 0.381 e. The molecule has 80 valence electrons. The molecule has 2 rings (SSSR count). The Morgan fingerprint density at radius 3 is 2.93 bits per heavy atom. The highest BCUT2D eigenvalue weighted by atomic mass is 16.5. The summed E-state index contributed by atoms with van der Waals surface area (Å²) in [5.74, 6) is 0.318. The van der Waals surface area contributed by atoms with E-state index in [9.17, 15) is 4.79 Å². The van der Waals surface area contributed by atoms with Crippen molar-refractivity contribution in [2.75, 3.05) is 26.3 Å². The maximum atomic E-state index is 11.9. The van der Waals surface area contributed by atoms with Gasteiger partial charge in [0, 0.05) is 19.7 Å². The molecule has 2 fully saturated rings. The molecule has 0 aromatic carbocycles. The summed E-state index contributed by atoms with van der Waals surface area (Å²) in [5, 5.41) is 1.78. The molecule has 2 saturated heterocycles. The lowest BCUT2D eigenvalue weighted by Crippen LogP contribution is -2.50. The van der Waals surface area contributed by atoms with Gasteiger partial charge in [0.25, 0.3) is 0 Å². The summed E-state index contributed by atoms with van der Waals surface area (Å²) < 4.78 is 5.32. The van der Waals surface area contributed by atoms with Gasteiger partial charge in [0.1, 0.15) is 0 Å². The number of nitrogens with zero attached hydrogens (tertiary/aromatic N) is 1. The molecular formula is C10H18N2O2. The van der Waals surface area contributed by atoms with Gasteiger partial charge < -0.3 is 4.74 Å². The highest BCUT2D eigenvalue weighted by Gasteiger charge is 2.27. The summed E-state index contributed by atoms with van der Waals surface area (Å²) in [4.78, 5) is 11.9. The van der Waals surface area contributed by atoms with E-state index >= 15 is 0 Å². The second kappa shape index (κ2) is 4.75. The second-order valence-electron chi connectivity index (χ2n) is 4.02. The van der Waals surface area contributed by atoms with Crippen LogP contribution in [0.15, 0.2) is 0 Å². The first kappa shape index (κ1) is 9.93. The van der Waals surface area contributed by atoms with Crippen molar-refractivity contribution in [3.05, 3.63) is 0 Å². The van der Waals surface area contributed by atoms with Crippen molar-refractivity contribution in [2.45, 2.75) is 25.7 Å². The molecule has 1 amide bonds. The highest BCUT2D eigenvalue weighted by molar-refractivity contribution is 5.78. The number of carbonyl (C=O) groups is 1. The van der Waals surface area contributed by atoms with Gasteiger partial charge >= 0.3 is 0 Å². The van der Waals surface area contributed by atoms with Crippen LogP contribution in [0.25, 0.3) is 0 Å². The molecule has 1 atom stereocenters. The lowest BCUT2D eigenvalue weighted by atomic mass is 10.0. The topological polar surface area (TPSA) is 41.6 Å². The first-order chi connectivity index (χ1) is 6.88. The molecule has 0 bridgehead atoms. The summed E-state index contributed by atoms with van der Waals surface area (Å²) in [6.07, 6.45) is 4.29. The molecular weight excluding hydrogens is 180 g/mol. The Kier molecular flexibility index (Phi) is 3.37. The van der Waals surface area contributed by atoms with Crippen LogP contribution in [0.4, 0.5) is 0 Å². The minimum absolute atomic E-state index is 0.0920. The van der Waals surface area contributed by atoms with Gasteiger partial charge in [0.15, 0.2) is 0 Å². The predicted octanol–water partition coefficient (Wildman–Crippen LogP) is 0.540. The van der Waals surface area contributed by atoms with Crippen LogP contribution in [0.5, 0.6) is 0 Å². The first-order valence-electron chi connectivity index (χ1n) is 5.50. The summed E-state index contributed by atoms with van der Waals surface area (Å²) in [6, 6.07) is 0. The molecule has 0 aliphatic carbocycles. The summed E-state index contributed by atoms with van der Waals surface area (Å²) in [7, 11) is 0. The van der Waals surface area contributed by atoms with E-state index in [1.54, 1.807) is 5.01 Å². The van der Waals surface area contributed by atoms with Crippen molar-refractivity contribution < 1.29 is 9.53 Å². The van der Waals surface area contributed by atoms with Crippen molar-refractivity contribution in [3.63, 3.8) is 0 Å². The van der Waals surface area contributed by atoms with Gasteiger partial charge in [0.05, 0.1) is 12.5 Å². The average molecular weight is 198 g/mol. The van der Waals surface area contributed by atoms with Crippen LogP contribution in [0.3, 0.4) is 0 Å². The van der Waals surface area contributed by atoms with E-state index in [1.165, 1.54) is 6.42 Å². The zero-order valence-electron chi connectivity index (χ0n) is 8.50. The molecule has 0 saturated carbocycles. The monoisotopic (exact) mass is 198 g/mol. The molecule has 1 unspecified atom stereocenters. The quantitative estimate of drug-likeness (QED) is 0.668. The molecule has 2 heterocycles. The van der Waals surface area contributed by atoms with Gasteiger partial charge in [-0.2, -0.15) is 0 Å². The Balaban J connectivity index is 1.85. The third kappa shape index (κ3) is 2.25. The maximum Gasteiger partial charge on any atom is 0.242 e. The van der Waals surface area contributed by atoms with Gasteiger partial charge in [-0.25, -0.2) is 5.43 Å². The van der Waals surface area contributed by atoms with Crippen LogP contribution in [-0.4, -0.2) is 37.2 Å². The van der Waals surface area contributed by atoms with Crippen LogP contribution in [0.1, 0.15) is 25.7 Å². The second-order valence-corrected chi connectivity index (χ2v) is 4.02. The summed E-state index contributed by atoms with van der Waals surface area (Å²) in [5.41, 5.74) is 3.14. The summed E-state index contributed by atoms with van der Waals surface area (Å²) >= 11 is 0. The molecule has 0 aromatic heterocycles. The fraction of sp³-hybridized carbons (Fsp3) is 0.900. The number of rotatable bonds is 1. The normalized spacial score (nSPS) is 28.9. The predicted molar refractivity (Wildman–Crippen MR) is 52.5 cm³/mol. The van der Waals surface area contributed by atoms with Gasteiger partial charge in [0.2, 0.25) is 5.91 Å². The minimum atomic E-state index is 0.0920. The SMILES string of the molecule is O=C(C1CCCOC1)N1CCCCN1. The molecule has 0 aromatic rings. The van der Waals surface area contributed by atoms with Gasteiger partial charge in [-0.1, -0.05) is 0 Å². The van der Waals surface area contributed by atoms with E-state index in [0.717, 1.165) is 39.0 Å². The number of hydrogen-bond donors (Lipinski definition) is 1. The van der Waals surface area contributed by atoms with Gasteiger partial charge in [-0.15, -0.1) is 0 Å². The average Bonchev–Trinajstić information content (AvgIpc) is 2.30. The fourth-order valence-corrected chi connectivity index (χ4v) is 2.03. The Morgan fingerprint density at radius 2 is 2.29 bits per heavy atom. The van der Waals surface area contributed by atoms with E-state index in [0.29, 0.717) is 6.61 Å². The molecule has 0 spiro atoms. The zero-order chi connectivity index (χ0) is 9.80. The summed E-state index contributed by atoms with van der Waals surface area (Å²) in [6.45, 7) is 3.21. The van der Waals surface area contributed by atoms with E-state index in [4.69, 9.17) is 4.74 Å². The van der Waals surface area contributed by atoms with Crippen molar-refractivity contribution in [1.29, 1.82) is 0 Å². The first-order valence-corrected chi connectivity index (χ1v) is 5.50. The van der Waals surface area contributed by atoms with E-state index < -0.39 is 0 Å². The third-order valence-corrected chi connectivity index (χ3v) is 2.89. The van der Waals surface area contributed by atoms with Gasteiger partial charge in [-0.05, 0) is 25.7 Å². The third-order valence-electron chi connectivity index (χ3n) is 2.89. The number of hydrazine groups is 1. The molecule has 4 heteroatoms. The number of nitrogens with one attached hydrogen (secondary N) is 1. The minimum Gasteiger partial charge on any atom is -0.381 e. The van der Waals surface area contributed by atoms with Crippen LogP contribution in [0, 0.1) is 5.92 Å². The Morgan fingerprint density at radius 1 is 1.36 bits per heavy atom. The molecule has 1 N–H and O–H groups in total.